The molecule has 1 amide bonds. The van der Waals surface area contributed by atoms with Gasteiger partial charge in [-0.1, -0.05) is 0 Å². The summed E-state index contributed by atoms with van der Waals surface area (Å²) in [5.41, 5.74) is 0.167. The van der Waals surface area contributed by atoms with Gasteiger partial charge < -0.3 is 15.5 Å². The van der Waals surface area contributed by atoms with E-state index in [1.54, 1.807) is 0 Å². The Morgan fingerprint density at radius 2 is 2.11 bits per heavy atom. The van der Waals surface area contributed by atoms with Crippen LogP contribution in [0.5, 0.6) is 5.75 Å². The maximum Gasteiger partial charge on any atom is 0.335 e. The summed E-state index contributed by atoms with van der Waals surface area (Å²) in [5, 5.41) is 20.7. The third-order valence-electron chi connectivity index (χ3n) is 2.09. The SMILES string of the molecule is O=C(O)c1ccc(NC(=O)c2cnsn2)c(O)c1. The van der Waals surface area contributed by atoms with Crippen molar-refractivity contribution >= 4 is 29.3 Å². The van der Waals surface area contributed by atoms with Gasteiger partial charge in [-0.05, 0) is 18.2 Å². The van der Waals surface area contributed by atoms with Crippen molar-refractivity contribution < 1.29 is 19.8 Å². The standard InChI is InChI=1S/C10H7N3O4S/c14-8-3-5(10(16)17)1-2-6(8)12-9(15)7-4-11-18-13-7/h1-4,14H,(H,12,15)(H,16,17). The Balaban J connectivity index is 2.20. The lowest BCUT2D eigenvalue weighted by atomic mass is 10.2. The van der Waals surface area contributed by atoms with Crippen LogP contribution in [0.3, 0.4) is 0 Å². The molecule has 0 spiro atoms. The number of amides is 1. The van der Waals surface area contributed by atoms with Gasteiger partial charge in [0.05, 0.1) is 29.2 Å². The highest BCUT2D eigenvalue weighted by molar-refractivity contribution is 6.99. The molecule has 18 heavy (non-hydrogen) atoms. The number of benzene rings is 1. The molecular formula is C10H7N3O4S. The number of nitrogens with one attached hydrogen (secondary N) is 1. The van der Waals surface area contributed by atoms with Crippen LogP contribution in [-0.4, -0.2) is 30.8 Å². The highest BCUT2D eigenvalue weighted by atomic mass is 32.1. The molecule has 1 aromatic carbocycles. The van der Waals surface area contributed by atoms with Crippen molar-refractivity contribution in [2.45, 2.75) is 0 Å². The quantitative estimate of drug-likeness (QED) is 0.718. The highest BCUT2D eigenvalue weighted by Crippen LogP contribution is 2.24. The van der Waals surface area contributed by atoms with Crippen LogP contribution in [-0.2, 0) is 0 Å². The molecule has 0 aliphatic rings. The zero-order chi connectivity index (χ0) is 13.1. The first kappa shape index (κ1) is 12.0. The maximum atomic E-state index is 11.6. The molecule has 0 unspecified atom stereocenters. The second-order valence-corrected chi connectivity index (χ2v) is 3.84. The largest absolute Gasteiger partial charge is 0.506 e. The summed E-state index contributed by atoms with van der Waals surface area (Å²) in [6.45, 7) is 0. The van der Waals surface area contributed by atoms with Crippen molar-refractivity contribution in [1.29, 1.82) is 0 Å². The first-order chi connectivity index (χ1) is 8.58. The summed E-state index contributed by atoms with van der Waals surface area (Å²) in [7, 11) is 0. The topological polar surface area (TPSA) is 112 Å². The average molecular weight is 265 g/mol. The van der Waals surface area contributed by atoms with Crippen LogP contribution in [0.4, 0.5) is 5.69 Å². The molecule has 7 nitrogen and oxygen atoms in total. The number of carbonyl (C=O) groups is 2. The number of carboxylic acids is 1. The molecule has 0 saturated heterocycles. The maximum absolute atomic E-state index is 11.6. The van der Waals surface area contributed by atoms with Gasteiger partial charge in [-0.25, -0.2) is 4.79 Å². The van der Waals surface area contributed by atoms with Crippen molar-refractivity contribution in [3.05, 3.63) is 35.7 Å². The normalized spacial score (nSPS) is 10.0. The van der Waals surface area contributed by atoms with E-state index >= 15 is 0 Å². The zero-order valence-corrected chi connectivity index (χ0v) is 9.64. The Kier molecular flexibility index (Phi) is 3.20. The van der Waals surface area contributed by atoms with Crippen LogP contribution >= 0.6 is 11.7 Å². The van der Waals surface area contributed by atoms with Crippen LogP contribution in [0.1, 0.15) is 20.8 Å². The van der Waals surface area contributed by atoms with E-state index in [1.165, 1.54) is 18.3 Å². The smallest absolute Gasteiger partial charge is 0.335 e. The number of hydrogen-bond acceptors (Lipinski definition) is 6. The average Bonchev–Trinajstić information content (AvgIpc) is 2.85. The van der Waals surface area contributed by atoms with Crippen LogP contribution in [0.25, 0.3) is 0 Å². The monoisotopic (exact) mass is 265 g/mol. The number of carbonyl (C=O) groups excluding carboxylic acids is 1. The molecule has 2 aromatic rings. The van der Waals surface area contributed by atoms with Gasteiger partial charge >= 0.3 is 5.97 Å². The van der Waals surface area contributed by atoms with Crippen molar-refractivity contribution in [3.8, 4) is 5.75 Å². The van der Waals surface area contributed by atoms with Gasteiger partial charge in [-0.3, -0.25) is 4.79 Å². The van der Waals surface area contributed by atoms with Crippen molar-refractivity contribution in [3.63, 3.8) is 0 Å². The minimum Gasteiger partial charge on any atom is -0.506 e. The number of aromatic hydroxyl groups is 1. The van der Waals surface area contributed by atoms with Crippen LogP contribution in [0, 0.1) is 0 Å². The third-order valence-corrected chi connectivity index (χ3v) is 2.56. The number of carboxylic acid groups (broad SMARTS) is 1. The Hall–Kier alpha value is -2.48. The number of rotatable bonds is 3. The summed E-state index contributed by atoms with van der Waals surface area (Å²) in [5.74, 6) is -2.01. The Labute approximate surface area is 105 Å². The van der Waals surface area contributed by atoms with Gasteiger partial charge in [0.2, 0.25) is 0 Å². The molecule has 0 fully saturated rings. The fourth-order valence-corrected chi connectivity index (χ4v) is 1.63. The molecule has 0 radical (unpaired) electrons. The molecule has 0 aliphatic heterocycles. The predicted molar refractivity (Wildman–Crippen MR) is 62.9 cm³/mol. The van der Waals surface area contributed by atoms with E-state index in [9.17, 15) is 14.7 Å². The van der Waals surface area contributed by atoms with Crippen LogP contribution in [0.2, 0.25) is 0 Å². The Morgan fingerprint density at radius 3 is 2.67 bits per heavy atom. The molecule has 0 bridgehead atoms. The molecule has 92 valence electrons. The fourth-order valence-electron chi connectivity index (χ4n) is 1.22. The van der Waals surface area contributed by atoms with Crippen molar-refractivity contribution in [1.82, 2.24) is 8.75 Å². The lowest BCUT2D eigenvalue weighted by molar-refractivity contribution is 0.0696. The second kappa shape index (κ2) is 4.80. The molecule has 0 aliphatic carbocycles. The van der Waals surface area contributed by atoms with E-state index in [0.29, 0.717) is 0 Å². The van der Waals surface area contributed by atoms with Crippen LogP contribution < -0.4 is 5.32 Å². The number of phenolic OH excluding ortho intramolecular Hbond substituents is 1. The molecule has 2 rings (SSSR count). The lowest BCUT2D eigenvalue weighted by Gasteiger charge is -2.06. The van der Waals surface area contributed by atoms with Gasteiger partial charge in [0.25, 0.3) is 5.91 Å². The number of aromatic nitrogens is 2. The van der Waals surface area contributed by atoms with Gasteiger partial charge in [0, 0.05) is 0 Å². The van der Waals surface area contributed by atoms with E-state index < -0.39 is 11.9 Å². The van der Waals surface area contributed by atoms with Crippen molar-refractivity contribution in [2.24, 2.45) is 0 Å². The molecule has 1 heterocycles. The number of anilines is 1. The molecule has 0 saturated carbocycles. The van der Waals surface area contributed by atoms with Crippen molar-refractivity contribution in [2.75, 3.05) is 5.32 Å². The predicted octanol–water partition coefficient (Wildman–Crippen LogP) is 1.19. The minimum absolute atomic E-state index is 0.0687. The highest BCUT2D eigenvalue weighted by Gasteiger charge is 2.13. The molecule has 8 heteroatoms. The number of nitrogens with zero attached hydrogens (tertiary/aromatic N) is 2. The Morgan fingerprint density at radius 1 is 1.33 bits per heavy atom. The van der Waals surface area contributed by atoms with Gasteiger partial charge in [0.15, 0.2) is 5.69 Å². The third kappa shape index (κ3) is 2.43. The molecule has 3 N–H and O–H groups in total. The minimum atomic E-state index is -1.16. The lowest BCUT2D eigenvalue weighted by Crippen LogP contribution is -2.12. The van der Waals surface area contributed by atoms with Gasteiger partial charge in [-0.2, -0.15) is 8.75 Å². The summed E-state index contributed by atoms with van der Waals surface area (Å²) in [4.78, 5) is 22.3. The van der Waals surface area contributed by atoms with E-state index in [0.717, 1.165) is 17.8 Å². The molecule has 0 atom stereocenters. The Bertz CT molecular complexity index is 597. The zero-order valence-electron chi connectivity index (χ0n) is 8.82. The summed E-state index contributed by atoms with van der Waals surface area (Å²) >= 11 is 0.888. The van der Waals surface area contributed by atoms with E-state index in [1.807, 2.05) is 0 Å². The fraction of sp³-hybridized carbons (Fsp3) is 0. The van der Waals surface area contributed by atoms with E-state index in [-0.39, 0.29) is 22.7 Å². The van der Waals surface area contributed by atoms with Gasteiger partial charge in [0.1, 0.15) is 5.75 Å². The number of aromatic carboxylic acids is 1. The molecular weight excluding hydrogens is 258 g/mol. The first-order valence-corrected chi connectivity index (χ1v) is 5.46. The summed E-state index contributed by atoms with van der Waals surface area (Å²) in [6.07, 6.45) is 1.29. The number of hydrogen-bond donors (Lipinski definition) is 3. The van der Waals surface area contributed by atoms with E-state index in [4.69, 9.17) is 5.11 Å². The number of phenols is 1. The van der Waals surface area contributed by atoms with Crippen LogP contribution in [0.15, 0.2) is 24.4 Å². The first-order valence-electron chi connectivity index (χ1n) is 4.73. The van der Waals surface area contributed by atoms with Gasteiger partial charge in [-0.15, -0.1) is 0 Å². The second-order valence-electron chi connectivity index (χ2n) is 3.28. The van der Waals surface area contributed by atoms with E-state index in [2.05, 4.69) is 14.1 Å². The summed E-state index contributed by atoms with van der Waals surface area (Å²) < 4.78 is 7.40. The molecule has 1 aromatic heterocycles. The summed E-state index contributed by atoms with van der Waals surface area (Å²) in [6, 6.07) is 3.63.